The molecule has 1 aromatic heterocycles. The minimum Gasteiger partial charge on any atom is -0.355 e. The molecule has 0 spiro atoms. The van der Waals surface area contributed by atoms with Crippen LogP contribution in [0.25, 0.3) is 0 Å². The van der Waals surface area contributed by atoms with Crippen molar-refractivity contribution in [2.75, 3.05) is 31.6 Å². The Morgan fingerprint density at radius 1 is 1.43 bits per heavy atom. The number of carbonyl (C=O) groups is 1. The number of likely N-dealkylation sites (N-methyl/N-ethyl adjacent to an activating group) is 1. The van der Waals surface area contributed by atoms with Gasteiger partial charge in [-0.05, 0) is 32.7 Å². The van der Waals surface area contributed by atoms with Gasteiger partial charge in [-0.2, -0.15) is 0 Å². The van der Waals surface area contributed by atoms with Gasteiger partial charge in [0, 0.05) is 23.9 Å². The molecule has 3 rings (SSSR count). The van der Waals surface area contributed by atoms with Gasteiger partial charge in [0.05, 0.1) is 28.8 Å². The van der Waals surface area contributed by atoms with E-state index >= 15 is 0 Å². The van der Waals surface area contributed by atoms with Crippen LogP contribution < -0.4 is 5.32 Å². The van der Waals surface area contributed by atoms with Crippen molar-refractivity contribution < 1.29 is 13.2 Å². The number of nitrogens with one attached hydrogen (secondary N) is 1. The number of aryl methyl sites for hydroxylation is 2. The zero-order valence-corrected chi connectivity index (χ0v) is 15.0. The van der Waals surface area contributed by atoms with Crippen molar-refractivity contribution >= 4 is 27.1 Å². The van der Waals surface area contributed by atoms with Crippen LogP contribution >= 0.6 is 11.3 Å². The predicted molar refractivity (Wildman–Crippen MR) is 90.5 cm³/mol. The smallest absolute Gasteiger partial charge is 0.234 e. The summed E-state index contributed by atoms with van der Waals surface area (Å²) in [6.45, 7) is 0.830. The average molecular weight is 358 g/mol. The van der Waals surface area contributed by atoms with Gasteiger partial charge in [0.2, 0.25) is 5.91 Å². The fourth-order valence-corrected chi connectivity index (χ4v) is 6.16. The fraction of sp³-hybridized carbons (Fsp3) is 0.733. The number of hydrogen-bond donors (Lipinski definition) is 1. The molecule has 23 heavy (non-hydrogen) atoms. The number of hydrogen-bond acceptors (Lipinski definition) is 6. The number of nitrogens with zero attached hydrogens (tertiary/aromatic N) is 2. The lowest BCUT2D eigenvalue weighted by Gasteiger charge is -2.22. The summed E-state index contributed by atoms with van der Waals surface area (Å²) in [7, 11) is -1.09. The Balaban J connectivity index is 1.39. The summed E-state index contributed by atoms with van der Waals surface area (Å²) >= 11 is 1.77. The summed E-state index contributed by atoms with van der Waals surface area (Å²) in [6, 6.07) is -0.0345. The lowest BCUT2D eigenvalue weighted by molar-refractivity contribution is -0.122. The first-order valence-corrected chi connectivity index (χ1v) is 10.7. The van der Waals surface area contributed by atoms with Crippen LogP contribution in [0.15, 0.2) is 0 Å². The second kappa shape index (κ2) is 6.86. The lowest BCUT2D eigenvalue weighted by Crippen LogP contribution is -2.41. The number of thiazole rings is 1. The first-order chi connectivity index (χ1) is 10.9. The van der Waals surface area contributed by atoms with Gasteiger partial charge in [-0.15, -0.1) is 11.3 Å². The highest BCUT2D eigenvalue weighted by atomic mass is 32.2. The molecule has 2 heterocycles. The molecular formula is C15H23N3O3S2. The van der Waals surface area contributed by atoms with E-state index in [4.69, 9.17) is 0 Å². The Hall–Kier alpha value is -0.990. The molecule has 1 aliphatic carbocycles. The summed E-state index contributed by atoms with van der Waals surface area (Å²) in [5, 5.41) is 4.01. The van der Waals surface area contributed by atoms with E-state index in [1.54, 1.807) is 11.3 Å². The molecular weight excluding hydrogens is 334 g/mol. The van der Waals surface area contributed by atoms with Crippen LogP contribution in [0, 0.1) is 0 Å². The van der Waals surface area contributed by atoms with Crippen molar-refractivity contribution in [3.63, 3.8) is 0 Å². The molecule has 0 bridgehead atoms. The molecule has 8 heteroatoms. The summed E-state index contributed by atoms with van der Waals surface area (Å²) in [5.41, 5.74) is 1.25. The Kier molecular flexibility index (Phi) is 5.03. The Morgan fingerprint density at radius 2 is 2.26 bits per heavy atom. The average Bonchev–Trinajstić information content (AvgIpc) is 3.12. The Morgan fingerprint density at radius 3 is 2.96 bits per heavy atom. The third kappa shape index (κ3) is 4.30. The monoisotopic (exact) mass is 357 g/mol. The molecule has 1 amide bonds. The van der Waals surface area contributed by atoms with Crippen LogP contribution in [0.1, 0.15) is 28.4 Å². The van der Waals surface area contributed by atoms with E-state index in [1.807, 2.05) is 11.9 Å². The van der Waals surface area contributed by atoms with E-state index in [-0.39, 0.29) is 30.0 Å². The van der Waals surface area contributed by atoms with Gasteiger partial charge in [0.25, 0.3) is 0 Å². The fourth-order valence-electron chi connectivity index (χ4n) is 3.19. The zero-order chi connectivity index (χ0) is 16.4. The standard InChI is InChI=1S/C15H23N3O3S2/c1-18(11-6-8-23(20,21)10-11)9-14(19)16-7-5-15-17-12-3-2-4-13(12)22-15/h11H,2-10H2,1H3,(H,16,19). The second-order valence-electron chi connectivity index (χ2n) is 6.40. The Bertz CT molecular complexity index is 663. The van der Waals surface area contributed by atoms with Gasteiger partial charge >= 0.3 is 0 Å². The third-order valence-electron chi connectivity index (χ3n) is 4.53. The van der Waals surface area contributed by atoms with E-state index in [9.17, 15) is 13.2 Å². The molecule has 1 atom stereocenters. The van der Waals surface area contributed by atoms with Gasteiger partial charge in [-0.25, -0.2) is 13.4 Å². The van der Waals surface area contributed by atoms with Gasteiger partial charge in [0.15, 0.2) is 9.84 Å². The van der Waals surface area contributed by atoms with Crippen LogP contribution in [-0.4, -0.2) is 61.9 Å². The van der Waals surface area contributed by atoms with E-state index in [1.165, 1.54) is 17.0 Å². The third-order valence-corrected chi connectivity index (χ3v) is 7.49. The molecule has 2 aliphatic rings. The van der Waals surface area contributed by atoms with Crippen molar-refractivity contribution in [2.45, 2.75) is 38.1 Å². The van der Waals surface area contributed by atoms with Crippen LogP contribution in [-0.2, 0) is 33.9 Å². The topological polar surface area (TPSA) is 79.4 Å². The number of rotatable bonds is 6. The Labute approximate surface area is 141 Å². The van der Waals surface area contributed by atoms with E-state index in [0.717, 1.165) is 24.3 Å². The number of aromatic nitrogens is 1. The van der Waals surface area contributed by atoms with Crippen molar-refractivity contribution in [1.29, 1.82) is 0 Å². The highest BCUT2D eigenvalue weighted by Gasteiger charge is 2.31. The number of amides is 1. The maximum absolute atomic E-state index is 12.0. The molecule has 1 N–H and O–H groups in total. The minimum atomic E-state index is -2.91. The van der Waals surface area contributed by atoms with Crippen LogP contribution in [0.3, 0.4) is 0 Å². The molecule has 6 nitrogen and oxygen atoms in total. The van der Waals surface area contributed by atoms with E-state index in [2.05, 4.69) is 10.3 Å². The second-order valence-corrected chi connectivity index (χ2v) is 9.80. The van der Waals surface area contributed by atoms with Crippen LogP contribution in [0.4, 0.5) is 0 Å². The van der Waals surface area contributed by atoms with Crippen molar-refractivity contribution in [3.05, 3.63) is 15.6 Å². The predicted octanol–water partition coefficient (Wildman–Crippen LogP) is 0.409. The number of sulfone groups is 1. The van der Waals surface area contributed by atoms with Crippen LogP contribution in [0.5, 0.6) is 0 Å². The number of carbonyl (C=O) groups excluding carboxylic acids is 1. The zero-order valence-electron chi connectivity index (χ0n) is 13.4. The lowest BCUT2D eigenvalue weighted by atomic mass is 10.2. The molecule has 1 unspecified atom stereocenters. The molecule has 1 saturated heterocycles. The molecule has 1 fully saturated rings. The first kappa shape index (κ1) is 16.9. The highest BCUT2D eigenvalue weighted by Crippen LogP contribution is 2.27. The molecule has 0 aromatic carbocycles. The largest absolute Gasteiger partial charge is 0.355 e. The van der Waals surface area contributed by atoms with Crippen LogP contribution in [0.2, 0.25) is 0 Å². The summed E-state index contributed by atoms with van der Waals surface area (Å²) in [5.74, 6) is 0.348. The van der Waals surface area contributed by atoms with Gasteiger partial charge < -0.3 is 5.32 Å². The molecule has 128 valence electrons. The van der Waals surface area contributed by atoms with E-state index < -0.39 is 9.84 Å². The highest BCUT2D eigenvalue weighted by molar-refractivity contribution is 7.91. The maximum atomic E-state index is 12.0. The first-order valence-electron chi connectivity index (χ1n) is 8.08. The van der Waals surface area contributed by atoms with Crippen molar-refractivity contribution in [1.82, 2.24) is 15.2 Å². The summed E-state index contributed by atoms with van der Waals surface area (Å²) in [4.78, 5) is 19.9. The SMILES string of the molecule is CN(CC(=O)NCCc1nc2c(s1)CCC2)C1CCS(=O)(=O)C1. The maximum Gasteiger partial charge on any atom is 0.234 e. The van der Waals surface area contributed by atoms with Gasteiger partial charge in [0.1, 0.15) is 0 Å². The number of fused-ring (bicyclic) bond motifs is 1. The van der Waals surface area contributed by atoms with Crippen molar-refractivity contribution in [2.24, 2.45) is 0 Å². The van der Waals surface area contributed by atoms with E-state index in [0.29, 0.717) is 13.0 Å². The molecule has 0 saturated carbocycles. The van der Waals surface area contributed by atoms with Gasteiger partial charge in [-0.1, -0.05) is 0 Å². The molecule has 1 aromatic rings. The van der Waals surface area contributed by atoms with Gasteiger partial charge in [-0.3, -0.25) is 9.69 Å². The van der Waals surface area contributed by atoms with Crippen molar-refractivity contribution in [3.8, 4) is 0 Å². The summed E-state index contributed by atoms with van der Waals surface area (Å²) in [6.07, 6.45) is 4.85. The molecule has 1 aliphatic heterocycles. The summed E-state index contributed by atoms with van der Waals surface area (Å²) < 4.78 is 23.0. The quantitative estimate of drug-likeness (QED) is 0.798. The minimum absolute atomic E-state index is 0.0345. The normalized spacial score (nSPS) is 22.4. The molecule has 0 radical (unpaired) electrons.